The van der Waals surface area contributed by atoms with Gasteiger partial charge in [0.25, 0.3) is 5.91 Å². The van der Waals surface area contributed by atoms with Gasteiger partial charge in [0.2, 0.25) is 0 Å². The van der Waals surface area contributed by atoms with Crippen molar-refractivity contribution in [1.82, 2.24) is 5.32 Å². The van der Waals surface area contributed by atoms with Crippen LogP contribution in [0.5, 0.6) is 5.75 Å². The van der Waals surface area contributed by atoms with Gasteiger partial charge in [-0.1, -0.05) is 41.9 Å². The molecule has 0 fully saturated rings. The van der Waals surface area contributed by atoms with Gasteiger partial charge in [0, 0.05) is 0 Å². The molecule has 1 atom stereocenters. The van der Waals surface area contributed by atoms with Gasteiger partial charge in [-0.25, -0.2) is 0 Å². The average Bonchev–Trinajstić information content (AvgIpc) is 2.50. The van der Waals surface area contributed by atoms with Gasteiger partial charge in [0.1, 0.15) is 5.75 Å². The number of carbonyl (C=O) groups excluding carboxylic acids is 1. The molecule has 0 aliphatic rings. The highest BCUT2D eigenvalue weighted by Gasteiger charge is 2.16. The molecule has 2 aromatic carbocycles. The Hall–Kier alpha value is -2.04. The van der Waals surface area contributed by atoms with Crippen molar-refractivity contribution in [2.24, 2.45) is 0 Å². The molecule has 5 heteroatoms. The summed E-state index contributed by atoms with van der Waals surface area (Å²) in [6.45, 7) is -0.183. The Bertz CT molecular complexity index is 616. The van der Waals surface area contributed by atoms with E-state index >= 15 is 0 Å². The molecule has 21 heavy (non-hydrogen) atoms. The van der Waals surface area contributed by atoms with Gasteiger partial charge in [0.15, 0.2) is 0 Å². The lowest BCUT2D eigenvalue weighted by Crippen LogP contribution is -2.39. The maximum Gasteiger partial charge on any atom is 0.253 e. The van der Waals surface area contributed by atoms with Crippen molar-refractivity contribution < 1.29 is 15.0 Å². The quantitative estimate of drug-likeness (QED) is 0.794. The van der Waals surface area contributed by atoms with Crippen LogP contribution < -0.4 is 5.32 Å². The van der Waals surface area contributed by atoms with Crippen LogP contribution in [0.4, 0.5) is 0 Å². The lowest BCUT2D eigenvalue weighted by Gasteiger charge is -2.17. The van der Waals surface area contributed by atoms with E-state index in [9.17, 15) is 15.0 Å². The summed E-state index contributed by atoms with van der Waals surface area (Å²) in [6.07, 6.45) is 0.513. The maximum atomic E-state index is 12.2. The number of rotatable bonds is 5. The molecule has 0 spiro atoms. The van der Waals surface area contributed by atoms with E-state index in [1.165, 1.54) is 18.2 Å². The molecule has 0 heterocycles. The Morgan fingerprint density at radius 1 is 1.19 bits per heavy atom. The van der Waals surface area contributed by atoms with Gasteiger partial charge in [-0.15, -0.1) is 0 Å². The summed E-state index contributed by atoms with van der Waals surface area (Å²) in [4.78, 5) is 12.2. The van der Waals surface area contributed by atoms with Crippen LogP contribution in [0.2, 0.25) is 5.02 Å². The van der Waals surface area contributed by atoms with E-state index in [4.69, 9.17) is 11.6 Å². The minimum absolute atomic E-state index is 0.0341. The number of aliphatic hydroxyl groups excluding tert-OH is 1. The second-order valence-corrected chi connectivity index (χ2v) is 5.11. The number of hydrogen-bond acceptors (Lipinski definition) is 3. The van der Waals surface area contributed by atoms with E-state index in [0.717, 1.165) is 5.56 Å². The molecule has 0 bridgehead atoms. The van der Waals surface area contributed by atoms with E-state index in [2.05, 4.69) is 5.32 Å². The Morgan fingerprint density at radius 2 is 1.90 bits per heavy atom. The molecule has 2 aromatic rings. The van der Waals surface area contributed by atoms with Gasteiger partial charge in [-0.2, -0.15) is 0 Å². The normalized spacial score (nSPS) is 11.9. The van der Waals surface area contributed by atoms with Gasteiger partial charge in [-0.05, 0) is 30.2 Å². The minimum Gasteiger partial charge on any atom is -0.508 e. The first-order chi connectivity index (χ1) is 10.1. The first-order valence-electron chi connectivity index (χ1n) is 6.54. The minimum atomic E-state index is -0.425. The number of benzene rings is 2. The highest BCUT2D eigenvalue weighted by Crippen LogP contribution is 2.21. The van der Waals surface area contributed by atoms with Gasteiger partial charge in [0.05, 0.1) is 23.2 Å². The fourth-order valence-electron chi connectivity index (χ4n) is 2.01. The second-order valence-electron chi connectivity index (χ2n) is 4.71. The van der Waals surface area contributed by atoms with Crippen molar-refractivity contribution in [2.45, 2.75) is 12.5 Å². The molecule has 0 unspecified atom stereocenters. The van der Waals surface area contributed by atoms with E-state index < -0.39 is 11.9 Å². The molecule has 0 saturated heterocycles. The van der Waals surface area contributed by atoms with Gasteiger partial charge < -0.3 is 15.5 Å². The lowest BCUT2D eigenvalue weighted by molar-refractivity contribution is 0.0916. The Kier molecular flexibility index (Phi) is 5.20. The molecule has 3 N–H and O–H groups in total. The number of phenolic OH excluding ortho intramolecular Hbond substituents is 1. The summed E-state index contributed by atoms with van der Waals surface area (Å²) in [5.41, 5.74) is 1.20. The zero-order chi connectivity index (χ0) is 15.2. The molecule has 0 aromatic heterocycles. The van der Waals surface area contributed by atoms with Gasteiger partial charge in [-0.3, -0.25) is 4.79 Å². The fraction of sp³-hybridized carbons (Fsp3) is 0.188. The average molecular weight is 306 g/mol. The lowest BCUT2D eigenvalue weighted by atomic mass is 10.1. The molecule has 110 valence electrons. The number of carbonyl (C=O) groups is 1. The maximum absolute atomic E-state index is 12.2. The summed E-state index contributed by atoms with van der Waals surface area (Å²) < 4.78 is 0. The smallest absolute Gasteiger partial charge is 0.253 e. The number of aliphatic hydroxyl groups is 1. The first kappa shape index (κ1) is 15.4. The Balaban J connectivity index is 2.07. The molecule has 0 aliphatic carbocycles. The van der Waals surface area contributed by atoms with Crippen molar-refractivity contribution in [3.05, 3.63) is 64.7 Å². The number of hydrogen-bond donors (Lipinski definition) is 3. The number of aromatic hydroxyl groups is 1. The monoisotopic (exact) mass is 305 g/mol. The zero-order valence-corrected chi connectivity index (χ0v) is 12.0. The number of amides is 1. The highest BCUT2D eigenvalue weighted by atomic mass is 35.5. The standard InChI is InChI=1S/C16H16ClNO3/c17-15-7-6-13(20)9-14(15)16(21)18-12(10-19)8-11-4-2-1-3-5-11/h1-7,9,12,19-20H,8,10H2,(H,18,21)/t12-/m0/s1. The van der Waals surface area contributed by atoms with E-state index in [1.807, 2.05) is 30.3 Å². The molecular weight excluding hydrogens is 290 g/mol. The van der Waals surface area contributed by atoms with Crippen molar-refractivity contribution in [1.29, 1.82) is 0 Å². The van der Waals surface area contributed by atoms with Crippen LogP contribution >= 0.6 is 11.6 Å². The first-order valence-corrected chi connectivity index (χ1v) is 6.92. The topological polar surface area (TPSA) is 69.6 Å². The van der Waals surface area contributed by atoms with Crippen molar-refractivity contribution in [3.63, 3.8) is 0 Å². The van der Waals surface area contributed by atoms with E-state index in [0.29, 0.717) is 6.42 Å². The van der Waals surface area contributed by atoms with Crippen molar-refractivity contribution >= 4 is 17.5 Å². The molecule has 2 rings (SSSR count). The molecule has 1 amide bonds. The van der Waals surface area contributed by atoms with Crippen molar-refractivity contribution in [2.75, 3.05) is 6.61 Å². The molecule has 0 saturated carbocycles. The second kappa shape index (κ2) is 7.11. The molecule has 0 radical (unpaired) electrons. The van der Waals surface area contributed by atoms with E-state index in [1.54, 1.807) is 0 Å². The number of halogens is 1. The van der Waals surface area contributed by atoms with E-state index in [-0.39, 0.29) is 22.9 Å². The highest BCUT2D eigenvalue weighted by molar-refractivity contribution is 6.33. The Labute approximate surface area is 128 Å². The zero-order valence-electron chi connectivity index (χ0n) is 11.3. The predicted octanol–water partition coefficient (Wildman–Crippen LogP) is 2.38. The van der Waals surface area contributed by atoms with Crippen LogP contribution in [0.3, 0.4) is 0 Å². The summed E-state index contributed by atoms with van der Waals surface area (Å²) in [6, 6.07) is 13.3. The van der Waals surface area contributed by atoms with Crippen LogP contribution in [0, 0.1) is 0 Å². The third-order valence-corrected chi connectivity index (χ3v) is 3.40. The third-order valence-electron chi connectivity index (χ3n) is 3.08. The largest absolute Gasteiger partial charge is 0.508 e. The van der Waals surface area contributed by atoms with Crippen LogP contribution in [-0.2, 0) is 6.42 Å². The summed E-state index contributed by atoms with van der Waals surface area (Å²) in [7, 11) is 0. The summed E-state index contributed by atoms with van der Waals surface area (Å²) in [5.74, 6) is -0.459. The number of phenols is 1. The molecular formula is C16H16ClNO3. The molecule has 0 aliphatic heterocycles. The summed E-state index contributed by atoms with van der Waals surface area (Å²) in [5, 5.41) is 21.8. The molecule has 4 nitrogen and oxygen atoms in total. The Morgan fingerprint density at radius 3 is 2.57 bits per heavy atom. The van der Waals surface area contributed by atoms with Crippen LogP contribution in [0.15, 0.2) is 48.5 Å². The third kappa shape index (κ3) is 4.21. The van der Waals surface area contributed by atoms with Crippen LogP contribution in [0.25, 0.3) is 0 Å². The summed E-state index contributed by atoms with van der Waals surface area (Å²) >= 11 is 5.94. The van der Waals surface area contributed by atoms with Crippen LogP contribution in [-0.4, -0.2) is 28.8 Å². The number of nitrogens with one attached hydrogen (secondary N) is 1. The van der Waals surface area contributed by atoms with Crippen molar-refractivity contribution in [3.8, 4) is 5.75 Å². The van der Waals surface area contributed by atoms with Crippen LogP contribution in [0.1, 0.15) is 15.9 Å². The fourth-order valence-corrected chi connectivity index (χ4v) is 2.21. The van der Waals surface area contributed by atoms with Gasteiger partial charge >= 0.3 is 0 Å². The predicted molar refractivity (Wildman–Crippen MR) is 81.6 cm³/mol. The SMILES string of the molecule is O=C(N[C@H](CO)Cc1ccccc1)c1cc(O)ccc1Cl.